The minimum Gasteiger partial charge on any atom is -0.346 e. The number of carbonyl (C=O) groups excluding carboxylic acids is 2. The van der Waals surface area contributed by atoms with Crippen molar-refractivity contribution in [2.45, 2.75) is 78.7 Å². The molecule has 3 nitrogen and oxygen atoms in total. The molecule has 0 unspecified atom stereocenters. The summed E-state index contributed by atoms with van der Waals surface area (Å²) in [5.74, 6) is 0.596. The van der Waals surface area contributed by atoms with Gasteiger partial charge in [0.2, 0.25) is 5.91 Å². The summed E-state index contributed by atoms with van der Waals surface area (Å²) >= 11 is 0. The second-order valence-corrected chi connectivity index (χ2v) is 7.04. The van der Waals surface area contributed by atoms with E-state index in [4.69, 9.17) is 0 Å². The summed E-state index contributed by atoms with van der Waals surface area (Å²) in [7, 11) is 0. The van der Waals surface area contributed by atoms with Crippen molar-refractivity contribution in [3.05, 3.63) is 0 Å². The number of amides is 1. The van der Waals surface area contributed by atoms with Gasteiger partial charge in [-0.3, -0.25) is 9.59 Å². The Morgan fingerprint density at radius 1 is 1.11 bits per heavy atom. The highest BCUT2D eigenvalue weighted by atomic mass is 16.2. The Hall–Kier alpha value is -0.860. The summed E-state index contributed by atoms with van der Waals surface area (Å²) in [5, 5.41) is 2.94. The molecule has 0 aliphatic heterocycles. The van der Waals surface area contributed by atoms with E-state index in [2.05, 4.69) is 5.32 Å². The first kappa shape index (κ1) is 16.2. The van der Waals surface area contributed by atoms with E-state index >= 15 is 0 Å². The monoisotopic (exact) mass is 267 g/mol. The van der Waals surface area contributed by atoms with Gasteiger partial charge in [0, 0.05) is 6.42 Å². The van der Waals surface area contributed by atoms with E-state index in [-0.39, 0.29) is 23.1 Å². The molecule has 1 atom stereocenters. The van der Waals surface area contributed by atoms with E-state index in [1.807, 2.05) is 20.8 Å². The van der Waals surface area contributed by atoms with Crippen LogP contribution in [0.5, 0.6) is 0 Å². The Balaban J connectivity index is 2.50. The lowest BCUT2D eigenvalue weighted by Gasteiger charge is -2.29. The van der Waals surface area contributed by atoms with Crippen molar-refractivity contribution < 1.29 is 9.59 Å². The van der Waals surface area contributed by atoms with Crippen molar-refractivity contribution in [2.24, 2.45) is 11.3 Å². The van der Waals surface area contributed by atoms with E-state index in [9.17, 15) is 9.59 Å². The van der Waals surface area contributed by atoms with E-state index in [0.717, 1.165) is 12.8 Å². The number of carbonyl (C=O) groups is 2. The maximum Gasteiger partial charge on any atom is 0.220 e. The van der Waals surface area contributed by atoms with Gasteiger partial charge < -0.3 is 5.32 Å². The van der Waals surface area contributed by atoms with Gasteiger partial charge in [-0.2, -0.15) is 0 Å². The van der Waals surface area contributed by atoms with Crippen LogP contribution in [0.15, 0.2) is 0 Å². The molecular weight excluding hydrogens is 238 g/mol. The second kappa shape index (κ2) is 7.06. The molecule has 19 heavy (non-hydrogen) atoms. The molecule has 1 aliphatic rings. The Morgan fingerprint density at radius 2 is 1.63 bits per heavy atom. The fourth-order valence-corrected chi connectivity index (χ4v) is 2.98. The maximum absolute atomic E-state index is 12.1. The molecule has 1 fully saturated rings. The number of ketones is 1. The molecule has 1 rings (SSSR count). The predicted molar refractivity (Wildman–Crippen MR) is 77.9 cm³/mol. The number of Topliss-reactive ketones (excluding diaryl/α,β-unsaturated/α-hetero) is 1. The Labute approximate surface area is 117 Å². The molecule has 0 aromatic carbocycles. The van der Waals surface area contributed by atoms with Crippen molar-refractivity contribution in [1.82, 2.24) is 5.32 Å². The van der Waals surface area contributed by atoms with Crippen LogP contribution in [0.4, 0.5) is 0 Å². The standard InChI is InChI=1S/C16H29NO2/c1-12(18)15(16(2,3)4)17-14(19)11-13-9-7-5-6-8-10-13/h13,15H,5-11H2,1-4H3,(H,17,19)/t15-/m1/s1. The largest absolute Gasteiger partial charge is 0.346 e. The lowest BCUT2D eigenvalue weighted by molar-refractivity contribution is -0.129. The van der Waals surface area contributed by atoms with Gasteiger partial charge in [-0.05, 0) is 31.1 Å². The molecule has 1 saturated carbocycles. The Bertz CT molecular complexity index is 309. The first-order chi connectivity index (χ1) is 8.80. The summed E-state index contributed by atoms with van der Waals surface area (Å²) < 4.78 is 0. The van der Waals surface area contributed by atoms with Crippen LogP contribution < -0.4 is 5.32 Å². The zero-order valence-electron chi connectivity index (χ0n) is 12.9. The molecule has 1 aliphatic carbocycles. The van der Waals surface area contributed by atoms with Crippen LogP contribution >= 0.6 is 0 Å². The van der Waals surface area contributed by atoms with Gasteiger partial charge in [0.15, 0.2) is 5.78 Å². The van der Waals surface area contributed by atoms with E-state index < -0.39 is 0 Å². The van der Waals surface area contributed by atoms with Crippen molar-refractivity contribution in [2.75, 3.05) is 0 Å². The van der Waals surface area contributed by atoms with Crippen molar-refractivity contribution in [3.8, 4) is 0 Å². The van der Waals surface area contributed by atoms with Gasteiger partial charge in [-0.25, -0.2) is 0 Å². The van der Waals surface area contributed by atoms with Gasteiger partial charge in [-0.1, -0.05) is 46.5 Å². The van der Waals surface area contributed by atoms with Crippen LogP contribution in [0.3, 0.4) is 0 Å². The van der Waals surface area contributed by atoms with Gasteiger partial charge in [0.1, 0.15) is 0 Å². The molecule has 3 heteroatoms. The zero-order chi connectivity index (χ0) is 14.5. The third kappa shape index (κ3) is 5.75. The first-order valence-electron chi connectivity index (χ1n) is 7.60. The van der Waals surface area contributed by atoms with Crippen molar-refractivity contribution in [1.29, 1.82) is 0 Å². The smallest absolute Gasteiger partial charge is 0.220 e. The molecule has 1 amide bonds. The summed E-state index contributed by atoms with van der Waals surface area (Å²) in [6.45, 7) is 7.53. The molecule has 0 saturated heterocycles. The molecule has 0 aromatic heterocycles. The van der Waals surface area contributed by atoms with E-state index in [1.54, 1.807) is 6.92 Å². The topological polar surface area (TPSA) is 46.2 Å². The average Bonchev–Trinajstić information content (AvgIpc) is 2.52. The number of hydrogen-bond donors (Lipinski definition) is 1. The molecule has 0 bridgehead atoms. The van der Waals surface area contributed by atoms with Gasteiger partial charge in [0.05, 0.1) is 6.04 Å². The van der Waals surface area contributed by atoms with E-state index in [1.165, 1.54) is 25.7 Å². The molecular formula is C16H29NO2. The summed E-state index contributed by atoms with van der Waals surface area (Å²) in [4.78, 5) is 23.8. The summed E-state index contributed by atoms with van der Waals surface area (Å²) in [6, 6.07) is -0.370. The van der Waals surface area contributed by atoms with Crippen LogP contribution in [0.1, 0.15) is 72.6 Å². The lowest BCUT2D eigenvalue weighted by Crippen LogP contribution is -2.48. The van der Waals surface area contributed by atoms with Gasteiger partial charge in [0.25, 0.3) is 0 Å². The van der Waals surface area contributed by atoms with Crippen LogP contribution in [0, 0.1) is 11.3 Å². The first-order valence-corrected chi connectivity index (χ1v) is 7.60. The maximum atomic E-state index is 12.1. The zero-order valence-corrected chi connectivity index (χ0v) is 12.9. The number of hydrogen-bond acceptors (Lipinski definition) is 2. The summed E-state index contributed by atoms with van der Waals surface area (Å²) in [5.41, 5.74) is -0.217. The highest BCUT2D eigenvalue weighted by molar-refractivity contribution is 5.88. The number of rotatable bonds is 4. The van der Waals surface area contributed by atoms with Gasteiger partial charge in [-0.15, -0.1) is 0 Å². The minimum absolute atomic E-state index is 0.0433. The van der Waals surface area contributed by atoms with Crippen molar-refractivity contribution in [3.63, 3.8) is 0 Å². The second-order valence-electron chi connectivity index (χ2n) is 7.04. The molecule has 0 heterocycles. The van der Waals surface area contributed by atoms with Crippen molar-refractivity contribution >= 4 is 11.7 Å². The highest BCUT2D eigenvalue weighted by Crippen LogP contribution is 2.26. The molecule has 110 valence electrons. The lowest BCUT2D eigenvalue weighted by atomic mass is 9.84. The minimum atomic E-state index is -0.370. The Morgan fingerprint density at radius 3 is 2.05 bits per heavy atom. The third-order valence-electron chi connectivity index (χ3n) is 4.03. The average molecular weight is 267 g/mol. The fraction of sp³-hybridized carbons (Fsp3) is 0.875. The predicted octanol–water partition coefficient (Wildman–Crippen LogP) is 3.47. The van der Waals surface area contributed by atoms with E-state index in [0.29, 0.717) is 12.3 Å². The number of nitrogens with one attached hydrogen (secondary N) is 1. The highest BCUT2D eigenvalue weighted by Gasteiger charge is 2.30. The normalized spacial score (nSPS) is 19.6. The summed E-state index contributed by atoms with van der Waals surface area (Å²) in [6.07, 6.45) is 7.99. The van der Waals surface area contributed by atoms with Crippen LogP contribution in [-0.2, 0) is 9.59 Å². The van der Waals surface area contributed by atoms with Gasteiger partial charge >= 0.3 is 0 Å². The van der Waals surface area contributed by atoms with Crippen LogP contribution in [-0.4, -0.2) is 17.7 Å². The third-order valence-corrected chi connectivity index (χ3v) is 4.03. The van der Waals surface area contributed by atoms with Crippen LogP contribution in [0.25, 0.3) is 0 Å². The quantitative estimate of drug-likeness (QED) is 0.793. The molecule has 0 spiro atoms. The molecule has 1 N–H and O–H groups in total. The van der Waals surface area contributed by atoms with Crippen LogP contribution in [0.2, 0.25) is 0 Å². The SMILES string of the molecule is CC(=O)[C@@H](NC(=O)CC1CCCCCC1)C(C)(C)C. The molecule has 0 radical (unpaired) electrons. The Kier molecular flexibility index (Phi) is 6.02. The fourth-order valence-electron chi connectivity index (χ4n) is 2.98. The molecule has 0 aromatic rings.